The van der Waals surface area contributed by atoms with Crippen molar-refractivity contribution >= 4 is 5.71 Å². The number of ether oxygens (including phenoxy) is 3. The highest BCUT2D eigenvalue weighted by Gasteiger charge is 2.31. The fraction of sp³-hybridized carbons (Fsp3) is 0.649. The molecule has 2 aromatic carbocycles. The molecule has 0 aromatic heterocycles. The molecule has 43 heavy (non-hydrogen) atoms. The molecule has 0 aliphatic carbocycles. The number of hydrogen-bond acceptors (Lipinski definition) is 3. The summed E-state index contributed by atoms with van der Waals surface area (Å²) >= 11 is 0. The molecule has 0 fully saturated rings. The van der Waals surface area contributed by atoms with E-state index in [4.69, 9.17) is 14.2 Å². The number of rotatable bonds is 22. The number of unbranched alkanes of at least 4 members (excludes halogenated alkanes) is 13. The summed E-state index contributed by atoms with van der Waals surface area (Å²) in [5.41, 5.74) is 3.51. The van der Waals surface area contributed by atoms with Gasteiger partial charge in [0.2, 0.25) is 0 Å². The molecule has 0 unspecified atom stereocenters. The predicted octanol–water partition coefficient (Wildman–Crippen LogP) is 10.2. The average Bonchev–Trinajstić information content (AvgIpc) is 3.01. The van der Waals surface area contributed by atoms with Crippen molar-refractivity contribution in [3.05, 3.63) is 52.6 Å². The summed E-state index contributed by atoms with van der Waals surface area (Å²) < 4.78 is 49.4. The summed E-state index contributed by atoms with van der Waals surface area (Å²) in [7, 11) is 3.11. The zero-order chi connectivity index (χ0) is 30.9. The van der Waals surface area contributed by atoms with Crippen LogP contribution in [0.3, 0.4) is 0 Å². The Morgan fingerprint density at radius 2 is 1.30 bits per heavy atom. The maximum Gasteiger partial charge on any atom is 0.184 e. The van der Waals surface area contributed by atoms with Crippen molar-refractivity contribution in [3.63, 3.8) is 0 Å². The molecule has 0 saturated heterocycles. The summed E-state index contributed by atoms with van der Waals surface area (Å²) in [5, 5.41) is 0. The van der Waals surface area contributed by atoms with Crippen LogP contribution in [0.15, 0.2) is 24.3 Å². The third kappa shape index (κ3) is 10.8. The highest BCUT2D eigenvalue weighted by Crippen LogP contribution is 2.37. The molecule has 4 nitrogen and oxygen atoms in total. The van der Waals surface area contributed by atoms with Gasteiger partial charge in [-0.2, -0.15) is 0 Å². The molecule has 0 N–H and O–H groups in total. The van der Waals surface area contributed by atoms with Gasteiger partial charge in [-0.1, -0.05) is 97.3 Å². The molecule has 0 saturated carbocycles. The number of methoxy groups -OCH3 is 2. The van der Waals surface area contributed by atoms with Gasteiger partial charge in [-0.15, -0.1) is 0 Å². The Labute approximate surface area is 259 Å². The van der Waals surface area contributed by atoms with Crippen molar-refractivity contribution in [2.45, 2.75) is 130 Å². The number of hydrogen-bond donors (Lipinski definition) is 0. The zero-order valence-corrected chi connectivity index (χ0v) is 27.4. The Balaban J connectivity index is 1.80. The van der Waals surface area contributed by atoms with Crippen molar-refractivity contribution in [2.24, 2.45) is 0 Å². The maximum absolute atomic E-state index is 15.0. The summed E-state index contributed by atoms with van der Waals surface area (Å²) in [6.45, 7) is 6.01. The quantitative estimate of drug-likeness (QED) is 0.0995. The normalized spacial score (nSPS) is 12.9. The lowest BCUT2D eigenvalue weighted by atomic mass is 9.91. The Kier molecular flexibility index (Phi) is 15.9. The van der Waals surface area contributed by atoms with Crippen LogP contribution in [0, 0.1) is 11.6 Å². The zero-order valence-electron chi connectivity index (χ0n) is 27.4. The van der Waals surface area contributed by atoms with Gasteiger partial charge in [-0.25, -0.2) is 13.4 Å². The first-order valence-electron chi connectivity index (χ1n) is 17.0. The second-order valence-corrected chi connectivity index (χ2v) is 12.0. The molecule has 0 bridgehead atoms. The predicted molar refractivity (Wildman–Crippen MR) is 173 cm³/mol. The first-order chi connectivity index (χ1) is 21.0. The van der Waals surface area contributed by atoms with Crippen molar-refractivity contribution < 1.29 is 27.6 Å². The van der Waals surface area contributed by atoms with Crippen LogP contribution in [0.25, 0.3) is 0 Å². The van der Waals surface area contributed by atoms with Gasteiger partial charge in [-0.05, 0) is 25.0 Å². The minimum absolute atomic E-state index is 0.0851. The van der Waals surface area contributed by atoms with Crippen molar-refractivity contribution in [3.8, 4) is 17.2 Å². The summed E-state index contributed by atoms with van der Waals surface area (Å²) in [6.07, 6.45) is 20.1. The molecule has 1 heterocycles. The Bertz CT molecular complexity index is 1120. The van der Waals surface area contributed by atoms with Crippen LogP contribution >= 0.6 is 0 Å². The molecule has 240 valence electrons. The average molecular weight is 601 g/mol. The van der Waals surface area contributed by atoms with Crippen LogP contribution in [-0.4, -0.2) is 37.7 Å². The van der Waals surface area contributed by atoms with Crippen LogP contribution in [0.5, 0.6) is 17.2 Å². The van der Waals surface area contributed by atoms with Gasteiger partial charge < -0.3 is 14.2 Å². The molecule has 3 rings (SSSR count). The third-order valence-electron chi connectivity index (χ3n) is 8.73. The first-order valence-corrected chi connectivity index (χ1v) is 17.0. The van der Waals surface area contributed by atoms with E-state index in [1.807, 2.05) is 6.07 Å². The number of fused-ring (bicyclic) bond motifs is 1. The SMILES string of the molecule is CCCCCCCCCCCC1=[N+](Cc2c(F)cc(OC)cc2F)CCc2c1ccc(OC)c2OCCCCCCCC. The molecule has 0 amide bonds. The van der Waals surface area contributed by atoms with E-state index in [9.17, 15) is 0 Å². The Morgan fingerprint density at radius 1 is 0.721 bits per heavy atom. The van der Waals surface area contributed by atoms with Gasteiger partial charge in [0.1, 0.15) is 23.9 Å². The van der Waals surface area contributed by atoms with Gasteiger partial charge in [0.15, 0.2) is 23.8 Å². The smallest absolute Gasteiger partial charge is 0.184 e. The van der Waals surface area contributed by atoms with E-state index >= 15 is 8.78 Å². The second-order valence-electron chi connectivity index (χ2n) is 12.0. The van der Waals surface area contributed by atoms with Crippen molar-refractivity contribution in [1.29, 1.82) is 0 Å². The van der Waals surface area contributed by atoms with Crippen LogP contribution in [0.1, 0.15) is 133 Å². The van der Waals surface area contributed by atoms with E-state index in [2.05, 4.69) is 24.5 Å². The maximum atomic E-state index is 15.0. The highest BCUT2D eigenvalue weighted by molar-refractivity contribution is 5.99. The van der Waals surface area contributed by atoms with Crippen LogP contribution in [0.4, 0.5) is 8.78 Å². The highest BCUT2D eigenvalue weighted by atomic mass is 19.1. The summed E-state index contributed by atoms with van der Waals surface area (Å²) in [6, 6.07) is 6.65. The summed E-state index contributed by atoms with van der Waals surface area (Å²) in [4.78, 5) is 0. The fourth-order valence-electron chi connectivity index (χ4n) is 6.16. The number of halogens is 2. The van der Waals surface area contributed by atoms with Crippen LogP contribution in [-0.2, 0) is 13.0 Å². The Morgan fingerprint density at radius 3 is 1.88 bits per heavy atom. The van der Waals surface area contributed by atoms with E-state index in [1.54, 1.807) is 7.11 Å². The molecule has 1 aliphatic rings. The molecular weight excluding hydrogens is 544 g/mol. The second kappa shape index (κ2) is 19.6. The first kappa shape index (κ1) is 34.9. The number of nitrogens with zero attached hydrogens (tertiary/aromatic N) is 1. The topological polar surface area (TPSA) is 30.7 Å². The summed E-state index contributed by atoms with van der Waals surface area (Å²) in [5.74, 6) is 0.652. The van der Waals surface area contributed by atoms with Gasteiger partial charge in [-0.3, -0.25) is 0 Å². The standard InChI is InChI=1S/C37H56F2NO3/c1-5-7-9-11-13-14-15-16-18-20-35-30-21-22-36(42-4)37(43-25-19-17-12-10-8-6-2)31(30)23-24-40(35)28-32-33(38)26-29(41-3)27-34(32)39/h21-22,26-27H,5-20,23-25,28H2,1-4H3/q+1. The fourth-order valence-corrected chi connectivity index (χ4v) is 6.16. The Hall–Kier alpha value is -2.63. The van der Waals surface area contributed by atoms with E-state index in [1.165, 1.54) is 96.3 Å². The van der Waals surface area contributed by atoms with Crippen molar-refractivity contribution in [1.82, 2.24) is 0 Å². The molecule has 2 aromatic rings. The van der Waals surface area contributed by atoms with Crippen molar-refractivity contribution in [2.75, 3.05) is 27.4 Å². The third-order valence-corrected chi connectivity index (χ3v) is 8.73. The lowest BCUT2D eigenvalue weighted by Crippen LogP contribution is -2.31. The molecule has 0 radical (unpaired) electrons. The van der Waals surface area contributed by atoms with E-state index in [0.717, 1.165) is 60.4 Å². The van der Waals surface area contributed by atoms with Crippen LogP contribution in [0.2, 0.25) is 0 Å². The minimum atomic E-state index is -0.567. The molecule has 0 atom stereocenters. The van der Waals surface area contributed by atoms with E-state index in [0.29, 0.717) is 13.2 Å². The van der Waals surface area contributed by atoms with E-state index in [-0.39, 0.29) is 17.9 Å². The molecule has 1 aliphatic heterocycles. The molecule has 6 heteroatoms. The lowest BCUT2D eigenvalue weighted by Gasteiger charge is -2.23. The van der Waals surface area contributed by atoms with Gasteiger partial charge in [0.05, 0.1) is 26.4 Å². The largest absolute Gasteiger partial charge is 0.497 e. The van der Waals surface area contributed by atoms with Gasteiger partial charge in [0, 0.05) is 36.1 Å². The monoisotopic (exact) mass is 600 g/mol. The van der Waals surface area contributed by atoms with Gasteiger partial charge >= 0.3 is 0 Å². The minimum Gasteiger partial charge on any atom is -0.497 e. The van der Waals surface area contributed by atoms with E-state index < -0.39 is 11.6 Å². The number of benzene rings is 2. The molecular formula is C37H56F2NO3+. The molecule has 0 spiro atoms. The lowest BCUT2D eigenvalue weighted by molar-refractivity contribution is -0.546. The van der Waals surface area contributed by atoms with Crippen LogP contribution < -0.4 is 14.2 Å². The van der Waals surface area contributed by atoms with Gasteiger partial charge in [0.25, 0.3) is 0 Å².